The van der Waals surface area contributed by atoms with Crippen LogP contribution < -0.4 is 24.8 Å². The first-order valence-electron chi connectivity index (χ1n) is 7.90. The quantitative estimate of drug-likeness (QED) is 0.475. The first kappa shape index (κ1) is 27.7. The third kappa shape index (κ3) is 11.0. The Hall–Kier alpha value is -1.52. The van der Waals surface area contributed by atoms with E-state index < -0.39 is 0 Å². The molecule has 2 N–H and O–H groups in total. The molecular weight excluding hydrogens is 419 g/mol. The molecule has 2 aromatic carbocycles. The van der Waals surface area contributed by atoms with Gasteiger partial charge in [-0.15, -0.1) is 0 Å². The number of benzene rings is 2. The molecule has 3 aromatic rings. The fraction of sp³-hybridized carbons (Fsp3) is 0.190. The molecule has 0 fully saturated rings. The maximum atomic E-state index is 9.04. The zero-order chi connectivity index (χ0) is 18.8. The van der Waals surface area contributed by atoms with Gasteiger partial charge < -0.3 is 35.0 Å². The summed E-state index contributed by atoms with van der Waals surface area (Å²) in [5.41, 5.74) is 4.25. The number of furan rings is 1. The fourth-order valence-electron chi connectivity index (χ4n) is 1.98. The van der Waals surface area contributed by atoms with Crippen LogP contribution in [0, 0.1) is 27.7 Å². The normalized spacial score (nSPS) is 8.56. The average molecular weight is 443 g/mol. The summed E-state index contributed by atoms with van der Waals surface area (Å²) < 4.78 is 6.84. The monoisotopic (exact) mass is 442 g/mol. The van der Waals surface area contributed by atoms with Crippen molar-refractivity contribution >= 4 is 4.31 Å². The Morgan fingerprint density at radius 1 is 0.778 bits per heavy atom. The summed E-state index contributed by atoms with van der Waals surface area (Å²) >= 11 is 1.94. The average Bonchev–Trinajstić information content (AvgIpc) is 3.10. The van der Waals surface area contributed by atoms with Gasteiger partial charge in [0.15, 0.2) is 0 Å². The summed E-state index contributed by atoms with van der Waals surface area (Å²) in [5, 5.41) is 18.1. The van der Waals surface area contributed by atoms with Gasteiger partial charge in [0, 0.05) is 0 Å². The van der Waals surface area contributed by atoms with Gasteiger partial charge in [0.05, 0.1) is 0 Å². The van der Waals surface area contributed by atoms with Crippen molar-refractivity contribution in [1.29, 1.82) is 0 Å². The van der Waals surface area contributed by atoms with E-state index in [4.69, 9.17) is 14.6 Å². The van der Waals surface area contributed by atoms with Crippen LogP contribution in [0.15, 0.2) is 59.2 Å². The second kappa shape index (κ2) is 14.5. The van der Waals surface area contributed by atoms with Crippen LogP contribution in [0.5, 0.6) is 11.5 Å². The molecule has 0 amide bonds. The molecule has 3 rings (SSSR count). The van der Waals surface area contributed by atoms with Crippen molar-refractivity contribution in [2.24, 2.45) is 0 Å². The summed E-state index contributed by atoms with van der Waals surface area (Å²) in [6.45, 7) is 7.80. The molecule has 1 aromatic heterocycles. The Bertz CT molecular complexity index is 754. The van der Waals surface area contributed by atoms with E-state index in [1.165, 1.54) is 11.1 Å². The van der Waals surface area contributed by atoms with E-state index in [0.717, 1.165) is 16.9 Å². The zero-order valence-electron chi connectivity index (χ0n) is 15.8. The number of halogens is 2. The van der Waals surface area contributed by atoms with Crippen LogP contribution in [0.25, 0.3) is 0 Å². The molecule has 0 saturated carbocycles. The molecule has 0 bridgehead atoms. The molecule has 1 heterocycles. The maximum absolute atomic E-state index is 9.04. The summed E-state index contributed by atoms with van der Waals surface area (Å²) in [5.74, 6) is 1.68. The molecular formula is C21H24Cl2O3Ti-2. The Morgan fingerprint density at radius 3 is 1.44 bits per heavy atom. The van der Waals surface area contributed by atoms with E-state index in [0.29, 0.717) is 11.5 Å². The van der Waals surface area contributed by atoms with Gasteiger partial charge >= 0.3 is 52.9 Å². The van der Waals surface area contributed by atoms with Gasteiger partial charge in [-0.3, -0.25) is 0 Å². The predicted octanol–water partition coefficient (Wildman–Crippen LogP) is -0.997. The standard InChI is InChI=1S/2C8H10O.C5H4O.2ClH.Ti/c2*1-6-3-4-8(9)7(2)5-6;1-5-3-2-4-6-5;;;/h2*3-5,9H,1-2H3;1-4H;2*1H;/p-2. The number of hydrogen-bond donors (Lipinski definition) is 2. The number of aryl methyl sites for hydroxylation is 4. The number of aromatic hydroxyl groups is 2. The van der Waals surface area contributed by atoms with Crippen LogP contribution in [0.4, 0.5) is 0 Å². The molecule has 3 nitrogen and oxygen atoms in total. The number of phenolic OH excluding ortho intramolecular Hbond substituents is 2. The molecule has 0 unspecified atom stereocenters. The number of hydrogen-bond acceptors (Lipinski definition) is 3. The van der Waals surface area contributed by atoms with Crippen LogP contribution >= 0.6 is 0 Å². The van der Waals surface area contributed by atoms with E-state index >= 15 is 0 Å². The Labute approximate surface area is 185 Å². The molecule has 0 aliphatic heterocycles. The summed E-state index contributed by atoms with van der Waals surface area (Å²) in [6.07, 6.45) is 1.66. The predicted molar refractivity (Wildman–Crippen MR) is 99.0 cm³/mol. The summed E-state index contributed by atoms with van der Waals surface area (Å²) in [4.78, 5) is 0. The zero-order valence-corrected chi connectivity index (χ0v) is 18.9. The number of phenols is 2. The summed E-state index contributed by atoms with van der Waals surface area (Å²) in [7, 11) is 0. The second-order valence-corrected chi connectivity index (χ2v) is 6.19. The SMILES string of the molecule is Cc1ccc(O)c(C)c1.Cc1ccc(O)c(C)c1.[Cl-].[Cl-].[Ti]=[CH]c1ccco1. The fourth-order valence-corrected chi connectivity index (χ4v) is 2.24. The summed E-state index contributed by atoms with van der Waals surface area (Å²) in [6, 6.07) is 14.9. The van der Waals surface area contributed by atoms with Crippen LogP contribution in [0.2, 0.25) is 0 Å². The topological polar surface area (TPSA) is 53.6 Å². The first-order valence-corrected chi connectivity index (χ1v) is 8.80. The molecule has 0 saturated heterocycles. The van der Waals surface area contributed by atoms with Crippen LogP contribution in [-0.4, -0.2) is 14.5 Å². The van der Waals surface area contributed by atoms with Crippen molar-refractivity contribution in [3.05, 3.63) is 82.8 Å². The Morgan fingerprint density at radius 2 is 1.22 bits per heavy atom. The van der Waals surface area contributed by atoms with Gasteiger partial charge in [0.1, 0.15) is 11.5 Å². The van der Waals surface area contributed by atoms with Crippen LogP contribution in [0.1, 0.15) is 28.0 Å². The second-order valence-electron chi connectivity index (χ2n) is 5.74. The van der Waals surface area contributed by atoms with E-state index in [1.807, 2.05) is 88.4 Å². The molecule has 0 spiro atoms. The van der Waals surface area contributed by atoms with Crippen molar-refractivity contribution in [3.63, 3.8) is 0 Å². The third-order valence-corrected chi connectivity index (χ3v) is 3.83. The molecule has 0 atom stereocenters. The van der Waals surface area contributed by atoms with Crippen molar-refractivity contribution < 1.29 is 59.4 Å². The van der Waals surface area contributed by atoms with Gasteiger partial charge in [0.2, 0.25) is 0 Å². The molecule has 0 aliphatic carbocycles. The molecule has 146 valence electrons. The van der Waals surface area contributed by atoms with Crippen LogP contribution in [0.3, 0.4) is 0 Å². The Kier molecular flexibility index (Phi) is 14.9. The van der Waals surface area contributed by atoms with Gasteiger partial charge in [-0.05, 0) is 51.0 Å². The van der Waals surface area contributed by atoms with Crippen molar-refractivity contribution in [1.82, 2.24) is 0 Å². The van der Waals surface area contributed by atoms with E-state index in [2.05, 4.69) is 0 Å². The van der Waals surface area contributed by atoms with E-state index in [1.54, 1.807) is 18.4 Å². The Balaban J connectivity index is 0. The van der Waals surface area contributed by atoms with Crippen molar-refractivity contribution in [2.45, 2.75) is 27.7 Å². The van der Waals surface area contributed by atoms with Gasteiger partial charge in [-0.25, -0.2) is 0 Å². The van der Waals surface area contributed by atoms with Crippen molar-refractivity contribution in [2.75, 3.05) is 0 Å². The minimum atomic E-state index is 0. The van der Waals surface area contributed by atoms with Gasteiger partial charge in [-0.2, -0.15) is 0 Å². The van der Waals surface area contributed by atoms with E-state index in [-0.39, 0.29) is 24.8 Å². The van der Waals surface area contributed by atoms with E-state index in [9.17, 15) is 0 Å². The van der Waals surface area contributed by atoms with Gasteiger partial charge in [0.25, 0.3) is 0 Å². The first-order chi connectivity index (χ1) is 11.8. The van der Waals surface area contributed by atoms with Gasteiger partial charge in [-0.1, -0.05) is 35.4 Å². The molecule has 6 heteroatoms. The molecule has 0 radical (unpaired) electrons. The van der Waals surface area contributed by atoms with Crippen molar-refractivity contribution in [3.8, 4) is 11.5 Å². The number of rotatable bonds is 1. The van der Waals surface area contributed by atoms with Crippen LogP contribution in [-0.2, 0) is 20.0 Å². The minimum absolute atomic E-state index is 0. The molecule has 0 aliphatic rings. The molecule has 27 heavy (non-hydrogen) atoms. The third-order valence-electron chi connectivity index (χ3n) is 3.39.